The summed E-state index contributed by atoms with van der Waals surface area (Å²) in [5.74, 6) is 0. The molecular formula is C18H23Y-. The van der Waals surface area contributed by atoms with Crippen molar-refractivity contribution in [2.45, 2.75) is 20.8 Å². The Hall–Kier alpha value is -0.716. The van der Waals surface area contributed by atoms with Crippen molar-refractivity contribution in [3.8, 4) is 0 Å². The summed E-state index contributed by atoms with van der Waals surface area (Å²) in [5, 5.41) is 0. The van der Waals surface area contributed by atoms with Gasteiger partial charge in [0.25, 0.3) is 0 Å². The molecule has 0 atom stereocenters. The van der Waals surface area contributed by atoms with Gasteiger partial charge in [0.05, 0.1) is 0 Å². The predicted molar refractivity (Wildman–Crippen MR) is 83.4 cm³/mol. The molecule has 1 radical (unpaired) electrons. The number of rotatable bonds is 2. The molecule has 0 fully saturated rings. The Morgan fingerprint density at radius 3 is 1.32 bits per heavy atom. The second-order valence-corrected chi connectivity index (χ2v) is 3.43. The molecule has 0 aliphatic rings. The van der Waals surface area contributed by atoms with E-state index in [0.717, 1.165) is 0 Å². The Labute approximate surface area is 143 Å². The van der Waals surface area contributed by atoms with E-state index in [9.17, 15) is 0 Å². The normalized spacial score (nSPS) is 7.95. The summed E-state index contributed by atoms with van der Waals surface area (Å²) in [6.45, 7) is 6.08. The van der Waals surface area contributed by atoms with Gasteiger partial charge in [0.1, 0.15) is 0 Å². The minimum Gasteiger partial charge on any atom is -0.358 e. The topological polar surface area (TPSA) is 0 Å². The molecule has 19 heavy (non-hydrogen) atoms. The fourth-order valence-electron chi connectivity index (χ4n) is 1.74. The number of benzene rings is 2. The van der Waals surface area contributed by atoms with Crippen LogP contribution in [0.3, 0.4) is 0 Å². The van der Waals surface area contributed by atoms with E-state index in [1.807, 2.05) is 26.0 Å². The minimum absolute atomic E-state index is 0. The maximum absolute atomic E-state index is 2.16. The van der Waals surface area contributed by atoms with Crippen LogP contribution in [-0.4, -0.2) is 0 Å². The Morgan fingerprint density at radius 1 is 0.737 bits per heavy atom. The molecule has 0 amide bonds. The molecule has 2 aromatic rings. The summed E-state index contributed by atoms with van der Waals surface area (Å²) in [7, 11) is 0. The van der Waals surface area contributed by atoms with Crippen molar-refractivity contribution in [2.75, 3.05) is 0 Å². The molecule has 0 spiro atoms. The van der Waals surface area contributed by atoms with Gasteiger partial charge in [-0.1, -0.05) is 80.6 Å². The van der Waals surface area contributed by atoms with Crippen LogP contribution in [0, 0.1) is 7.43 Å². The Bertz CT molecular complexity index is 402. The molecule has 0 nitrogen and oxygen atoms in total. The van der Waals surface area contributed by atoms with Gasteiger partial charge >= 0.3 is 0 Å². The van der Waals surface area contributed by atoms with Crippen LogP contribution in [0.25, 0.3) is 5.57 Å². The molecule has 2 aromatic carbocycles. The van der Waals surface area contributed by atoms with Gasteiger partial charge in [0, 0.05) is 32.7 Å². The third kappa shape index (κ3) is 6.32. The first-order valence-electron chi connectivity index (χ1n) is 6.19. The van der Waals surface area contributed by atoms with Crippen LogP contribution in [0.2, 0.25) is 0 Å². The summed E-state index contributed by atoms with van der Waals surface area (Å²) in [5.41, 5.74) is 3.83. The monoisotopic (exact) mass is 328 g/mol. The molecule has 0 heterocycles. The van der Waals surface area contributed by atoms with E-state index in [2.05, 4.69) is 61.5 Å². The smallest absolute Gasteiger partial charge is 0 e. The second kappa shape index (κ2) is 12.3. The molecule has 0 bridgehead atoms. The average Bonchev–Trinajstić information content (AvgIpc) is 2.44. The van der Waals surface area contributed by atoms with Crippen molar-refractivity contribution >= 4 is 5.57 Å². The maximum Gasteiger partial charge on any atom is 0 e. The summed E-state index contributed by atoms with van der Waals surface area (Å²) >= 11 is 0. The molecule has 0 N–H and O–H groups in total. The fraction of sp³-hybridized carbons (Fsp3) is 0.167. The van der Waals surface area contributed by atoms with Crippen molar-refractivity contribution < 1.29 is 32.7 Å². The number of allylic oxidation sites excluding steroid dienone is 1. The van der Waals surface area contributed by atoms with Gasteiger partial charge in [0.15, 0.2) is 0 Å². The summed E-state index contributed by atoms with van der Waals surface area (Å²) < 4.78 is 0. The zero-order chi connectivity index (χ0) is 12.5. The third-order valence-electron chi connectivity index (χ3n) is 2.46. The first-order chi connectivity index (χ1) is 8.42. The molecule has 1 heteroatoms. The molecule has 0 aliphatic carbocycles. The maximum atomic E-state index is 2.16. The second-order valence-electron chi connectivity index (χ2n) is 3.43. The van der Waals surface area contributed by atoms with Gasteiger partial charge in [-0.25, -0.2) is 0 Å². The summed E-state index contributed by atoms with van der Waals surface area (Å²) in [4.78, 5) is 0. The van der Waals surface area contributed by atoms with E-state index in [1.54, 1.807) is 0 Å². The van der Waals surface area contributed by atoms with Crippen LogP contribution >= 0.6 is 0 Å². The minimum atomic E-state index is 0. The number of hydrogen-bond acceptors (Lipinski definition) is 0. The van der Waals surface area contributed by atoms with Crippen LogP contribution in [0.4, 0.5) is 0 Å². The van der Waals surface area contributed by atoms with Crippen LogP contribution < -0.4 is 0 Å². The Morgan fingerprint density at radius 2 is 1.05 bits per heavy atom. The van der Waals surface area contributed by atoms with Gasteiger partial charge in [-0.2, -0.15) is 0 Å². The molecule has 0 aliphatic heterocycles. The van der Waals surface area contributed by atoms with E-state index in [1.165, 1.54) is 16.7 Å². The summed E-state index contributed by atoms with van der Waals surface area (Å²) in [6.07, 6.45) is 2.16. The van der Waals surface area contributed by atoms with Gasteiger partial charge < -0.3 is 7.43 Å². The first kappa shape index (κ1) is 20.6. The van der Waals surface area contributed by atoms with Crippen LogP contribution in [0.1, 0.15) is 31.9 Å². The van der Waals surface area contributed by atoms with Crippen molar-refractivity contribution in [2.24, 2.45) is 0 Å². The molecule has 0 aromatic heterocycles. The molecule has 0 saturated heterocycles. The van der Waals surface area contributed by atoms with Crippen molar-refractivity contribution in [3.05, 3.63) is 85.3 Å². The average molecular weight is 328 g/mol. The van der Waals surface area contributed by atoms with E-state index in [-0.39, 0.29) is 40.1 Å². The largest absolute Gasteiger partial charge is 0.358 e. The Kier molecular flexibility index (Phi) is 13.4. The van der Waals surface area contributed by atoms with Gasteiger partial charge in [-0.3, -0.25) is 0 Å². The third-order valence-corrected chi connectivity index (χ3v) is 2.46. The van der Waals surface area contributed by atoms with Crippen LogP contribution in [0.5, 0.6) is 0 Å². The predicted octanol–water partition coefficient (Wildman–Crippen LogP) is 5.61. The fourth-order valence-corrected chi connectivity index (χ4v) is 1.74. The first-order valence-corrected chi connectivity index (χ1v) is 6.19. The van der Waals surface area contributed by atoms with Crippen molar-refractivity contribution in [3.63, 3.8) is 0 Å². The quantitative estimate of drug-likeness (QED) is 0.628. The van der Waals surface area contributed by atoms with Crippen LogP contribution in [0.15, 0.2) is 66.7 Å². The zero-order valence-electron chi connectivity index (χ0n) is 12.4. The number of hydrogen-bond donors (Lipinski definition) is 0. The SMILES string of the molecule is CC.CC=C(c1ccccc1)c1ccccc1.[CH3-].[Y]. The van der Waals surface area contributed by atoms with Gasteiger partial charge in [-0.15, -0.1) is 0 Å². The van der Waals surface area contributed by atoms with Gasteiger partial charge in [0.2, 0.25) is 0 Å². The van der Waals surface area contributed by atoms with E-state index in [0.29, 0.717) is 0 Å². The molecule has 0 saturated carbocycles. The Balaban J connectivity index is 0. The molecule has 2 rings (SSSR count). The standard InChI is InChI=1S/C15H14.C2H6.CH3.Y/c1-2-15(13-9-5-3-6-10-13)14-11-7-4-8-12-14;1-2;;/h2-12H,1H3;1-2H3;1H3;/q;;-1;. The van der Waals surface area contributed by atoms with Gasteiger partial charge in [-0.05, 0) is 23.6 Å². The molecule has 0 unspecified atom stereocenters. The zero-order valence-corrected chi connectivity index (χ0v) is 15.3. The molecular weight excluding hydrogens is 305 g/mol. The van der Waals surface area contributed by atoms with E-state index in [4.69, 9.17) is 0 Å². The van der Waals surface area contributed by atoms with Crippen LogP contribution in [-0.2, 0) is 32.7 Å². The van der Waals surface area contributed by atoms with E-state index < -0.39 is 0 Å². The molecule has 99 valence electrons. The van der Waals surface area contributed by atoms with E-state index >= 15 is 0 Å². The van der Waals surface area contributed by atoms with Crippen molar-refractivity contribution in [1.29, 1.82) is 0 Å². The van der Waals surface area contributed by atoms with Crippen molar-refractivity contribution in [1.82, 2.24) is 0 Å². The summed E-state index contributed by atoms with van der Waals surface area (Å²) in [6, 6.07) is 20.9.